The van der Waals surface area contributed by atoms with Crippen molar-refractivity contribution in [1.82, 2.24) is 14.1 Å². The van der Waals surface area contributed by atoms with Crippen molar-refractivity contribution in [2.45, 2.75) is 20.0 Å². The van der Waals surface area contributed by atoms with Crippen molar-refractivity contribution in [3.05, 3.63) is 57.0 Å². The summed E-state index contributed by atoms with van der Waals surface area (Å²) < 4.78 is 2.68. The van der Waals surface area contributed by atoms with Crippen LogP contribution in [-0.2, 0) is 13.1 Å². The second-order valence-corrected chi connectivity index (χ2v) is 4.07. The SMILES string of the molecule is CCn1ccc(=O)n(Cc2cccc(NC)n2)c1=O. The summed E-state index contributed by atoms with van der Waals surface area (Å²) in [5.74, 6) is 0.706. The van der Waals surface area contributed by atoms with Gasteiger partial charge in [-0.15, -0.1) is 0 Å². The molecule has 0 aliphatic carbocycles. The number of nitrogens with zero attached hydrogens (tertiary/aromatic N) is 3. The van der Waals surface area contributed by atoms with E-state index in [4.69, 9.17) is 0 Å². The van der Waals surface area contributed by atoms with Crippen LogP contribution in [0.1, 0.15) is 12.6 Å². The summed E-state index contributed by atoms with van der Waals surface area (Å²) in [7, 11) is 1.77. The Labute approximate surface area is 110 Å². The number of pyridine rings is 1. The highest BCUT2D eigenvalue weighted by molar-refractivity contribution is 5.34. The number of rotatable bonds is 4. The van der Waals surface area contributed by atoms with Gasteiger partial charge in [-0.3, -0.25) is 9.36 Å². The van der Waals surface area contributed by atoms with Gasteiger partial charge in [-0.05, 0) is 19.1 Å². The normalized spacial score (nSPS) is 10.4. The van der Waals surface area contributed by atoms with E-state index < -0.39 is 0 Å². The third kappa shape index (κ3) is 2.73. The predicted molar refractivity (Wildman–Crippen MR) is 73.5 cm³/mol. The molecule has 0 saturated carbocycles. The molecule has 0 atom stereocenters. The molecule has 0 bridgehead atoms. The van der Waals surface area contributed by atoms with Crippen molar-refractivity contribution in [1.29, 1.82) is 0 Å². The Balaban J connectivity index is 2.43. The highest BCUT2D eigenvalue weighted by Gasteiger charge is 2.06. The van der Waals surface area contributed by atoms with Gasteiger partial charge in [0.05, 0.1) is 12.2 Å². The van der Waals surface area contributed by atoms with Gasteiger partial charge in [0.1, 0.15) is 5.82 Å². The first-order valence-corrected chi connectivity index (χ1v) is 6.09. The maximum atomic E-state index is 12.1. The highest BCUT2D eigenvalue weighted by Crippen LogP contribution is 2.03. The summed E-state index contributed by atoms with van der Waals surface area (Å²) in [5, 5.41) is 2.92. The third-order valence-electron chi connectivity index (χ3n) is 2.86. The van der Waals surface area contributed by atoms with Gasteiger partial charge in [-0.2, -0.15) is 0 Å². The number of anilines is 1. The second-order valence-electron chi connectivity index (χ2n) is 4.07. The fourth-order valence-electron chi connectivity index (χ4n) is 1.81. The van der Waals surface area contributed by atoms with Crippen molar-refractivity contribution >= 4 is 5.82 Å². The smallest absolute Gasteiger partial charge is 0.331 e. The molecule has 0 saturated heterocycles. The molecular weight excluding hydrogens is 244 g/mol. The molecule has 1 N–H and O–H groups in total. The lowest BCUT2D eigenvalue weighted by Gasteiger charge is -2.08. The van der Waals surface area contributed by atoms with E-state index >= 15 is 0 Å². The number of aromatic nitrogens is 3. The lowest BCUT2D eigenvalue weighted by Crippen LogP contribution is -2.39. The second kappa shape index (κ2) is 5.51. The van der Waals surface area contributed by atoms with E-state index in [1.807, 2.05) is 19.1 Å². The third-order valence-corrected chi connectivity index (χ3v) is 2.86. The largest absolute Gasteiger partial charge is 0.373 e. The molecule has 0 amide bonds. The quantitative estimate of drug-likeness (QED) is 0.870. The predicted octanol–water partition coefficient (Wildman–Crippen LogP) is 0.515. The Morgan fingerprint density at radius 3 is 2.74 bits per heavy atom. The number of aryl methyl sites for hydroxylation is 1. The summed E-state index contributed by atoms with van der Waals surface area (Å²) in [6.07, 6.45) is 1.51. The zero-order chi connectivity index (χ0) is 13.8. The van der Waals surface area contributed by atoms with Crippen molar-refractivity contribution < 1.29 is 0 Å². The monoisotopic (exact) mass is 260 g/mol. The van der Waals surface area contributed by atoms with E-state index in [9.17, 15) is 9.59 Å². The van der Waals surface area contributed by atoms with Crippen LogP contribution in [0.3, 0.4) is 0 Å². The van der Waals surface area contributed by atoms with Crippen LogP contribution in [0.25, 0.3) is 0 Å². The van der Waals surface area contributed by atoms with Gasteiger partial charge in [-0.25, -0.2) is 9.78 Å². The molecule has 0 radical (unpaired) electrons. The first kappa shape index (κ1) is 13.1. The van der Waals surface area contributed by atoms with Crippen LogP contribution in [0.15, 0.2) is 40.1 Å². The molecule has 6 nitrogen and oxygen atoms in total. The van der Waals surface area contributed by atoms with Gasteiger partial charge >= 0.3 is 5.69 Å². The Morgan fingerprint density at radius 2 is 2.05 bits per heavy atom. The van der Waals surface area contributed by atoms with E-state index in [1.54, 1.807) is 13.1 Å². The van der Waals surface area contributed by atoms with E-state index in [-0.39, 0.29) is 17.8 Å². The highest BCUT2D eigenvalue weighted by atomic mass is 16.2. The van der Waals surface area contributed by atoms with Crippen LogP contribution in [0.5, 0.6) is 0 Å². The van der Waals surface area contributed by atoms with Crippen LogP contribution < -0.4 is 16.6 Å². The Bertz CT molecular complexity index is 688. The van der Waals surface area contributed by atoms with E-state index in [0.717, 1.165) is 0 Å². The standard InChI is InChI=1S/C13H16N4O2/c1-3-16-8-7-12(18)17(13(16)19)9-10-5-4-6-11(14-2)15-10/h4-8H,3,9H2,1-2H3,(H,14,15). The minimum Gasteiger partial charge on any atom is -0.373 e. The van der Waals surface area contributed by atoms with Crippen molar-refractivity contribution in [3.8, 4) is 0 Å². The van der Waals surface area contributed by atoms with Crippen LogP contribution >= 0.6 is 0 Å². The molecule has 2 aromatic rings. The zero-order valence-electron chi connectivity index (χ0n) is 11.0. The minimum absolute atomic E-state index is 0.175. The van der Waals surface area contributed by atoms with Gasteiger partial charge in [0.25, 0.3) is 5.56 Å². The molecule has 100 valence electrons. The number of nitrogens with one attached hydrogen (secondary N) is 1. The minimum atomic E-state index is -0.314. The molecule has 0 aliphatic rings. The topological polar surface area (TPSA) is 68.9 Å². The van der Waals surface area contributed by atoms with Crippen molar-refractivity contribution in [2.75, 3.05) is 12.4 Å². The Morgan fingerprint density at radius 1 is 1.26 bits per heavy atom. The van der Waals surface area contributed by atoms with E-state index in [1.165, 1.54) is 21.4 Å². The molecule has 2 rings (SSSR count). The average molecular weight is 260 g/mol. The molecule has 2 aromatic heterocycles. The lowest BCUT2D eigenvalue weighted by molar-refractivity contribution is 0.595. The van der Waals surface area contributed by atoms with Crippen molar-refractivity contribution in [3.63, 3.8) is 0 Å². The summed E-state index contributed by atoms with van der Waals surface area (Å²) >= 11 is 0. The van der Waals surface area contributed by atoms with E-state index in [0.29, 0.717) is 18.1 Å². The summed E-state index contributed by atoms with van der Waals surface area (Å²) in [4.78, 5) is 28.1. The summed E-state index contributed by atoms with van der Waals surface area (Å²) in [6, 6.07) is 6.84. The van der Waals surface area contributed by atoms with Crippen LogP contribution in [-0.4, -0.2) is 21.2 Å². The fourth-order valence-corrected chi connectivity index (χ4v) is 1.81. The van der Waals surface area contributed by atoms with Gasteiger partial charge in [0.2, 0.25) is 0 Å². The molecule has 0 unspecified atom stereocenters. The van der Waals surface area contributed by atoms with Gasteiger partial charge in [0, 0.05) is 25.9 Å². The molecule has 2 heterocycles. The van der Waals surface area contributed by atoms with E-state index in [2.05, 4.69) is 10.3 Å². The molecule has 19 heavy (non-hydrogen) atoms. The molecule has 6 heteroatoms. The molecule has 0 spiro atoms. The fraction of sp³-hybridized carbons (Fsp3) is 0.308. The first-order chi connectivity index (χ1) is 9.15. The molecular formula is C13H16N4O2. The van der Waals surface area contributed by atoms with Gasteiger partial charge in [-0.1, -0.05) is 6.07 Å². The van der Waals surface area contributed by atoms with Crippen LogP contribution in [0.2, 0.25) is 0 Å². The molecule has 0 aliphatic heterocycles. The Kier molecular flexibility index (Phi) is 3.79. The number of hydrogen-bond acceptors (Lipinski definition) is 4. The summed E-state index contributed by atoms with van der Waals surface area (Å²) in [5.41, 5.74) is 0.0397. The van der Waals surface area contributed by atoms with Crippen molar-refractivity contribution in [2.24, 2.45) is 0 Å². The Hall–Kier alpha value is -2.37. The molecule has 0 aromatic carbocycles. The first-order valence-electron chi connectivity index (χ1n) is 6.09. The maximum absolute atomic E-state index is 12.1. The summed E-state index contributed by atoms with van der Waals surface area (Å²) in [6.45, 7) is 2.56. The number of hydrogen-bond donors (Lipinski definition) is 1. The average Bonchev–Trinajstić information content (AvgIpc) is 2.44. The molecule has 0 fully saturated rings. The van der Waals surface area contributed by atoms with Gasteiger partial charge in [0.15, 0.2) is 0 Å². The zero-order valence-corrected chi connectivity index (χ0v) is 11.0. The van der Waals surface area contributed by atoms with Crippen LogP contribution in [0, 0.1) is 0 Å². The van der Waals surface area contributed by atoms with Gasteiger partial charge < -0.3 is 9.88 Å². The lowest BCUT2D eigenvalue weighted by atomic mass is 10.3. The van der Waals surface area contributed by atoms with Crippen LogP contribution in [0.4, 0.5) is 5.82 Å². The maximum Gasteiger partial charge on any atom is 0.331 e.